The van der Waals surface area contributed by atoms with Gasteiger partial charge in [-0.05, 0) is 6.07 Å². The summed E-state index contributed by atoms with van der Waals surface area (Å²) in [6.45, 7) is 0. The number of ether oxygens (including phenoxy) is 2. The smallest absolute Gasteiger partial charge is 0.395 e. The molecule has 0 aliphatic carbocycles. The van der Waals surface area contributed by atoms with E-state index in [1.54, 1.807) is 7.05 Å². The van der Waals surface area contributed by atoms with Crippen molar-refractivity contribution in [2.24, 2.45) is 7.05 Å². The molecule has 1 N–H and O–H groups in total. The van der Waals surface area contributed by atoms with Gasteiger partial charge in [0.2, 0.25) is 0 Å². The van der Waals surface area contributed by atoms with Gasteiger partial charge in [0.25, 0.3) is 5.91 Å². The van der Waals surface area contributed by atoms with Gasteiger partial charge in [-0.3, -0.25) is 14.5 Å². The number of nitrogens with one attached hydrogen (secondary N) is 1. The first-order valence-electron chi connectivity index (χ1n) is 7.64. The Labute approximate surface area is 166 Å². The molecule has 0 unspecified atom stereocenters. The number of hydrogen-bond donors (Lipinski definition) is 1. The Bertz CT molecular complexity index is 1090. The minimum absolute atomic E-state index is 0.0368. The van der Waals surface area contributed by atoms with E-state index in [1.165, 1.54) is 35.4 Å². The van der Waals surface area contributed by atoms with E-state index >= 15 is 0 Å². The number of nitrogens with zero attached hydrogens (tertiary/aromatic N) is 4. The number of aromatic nitrogens is 4. The van der Waals surface area contributed by atoms with Crippen LogP contribution in [0.1, 0.15) is 10.5 Å². The van der Waals surface area contributed by atoms with E-state index in [0.717, 1.165) is 0 Å². The van der Waals surface area contributed by atoms with Gasteiger partial charge in [-0.1, -0.05) is 23.2 Å². The van der Waals surface area contributed by atoms with E-state index in [-0.39, 0.29) is 38.8 Å². The number of anilines is 1. The molecule has 0 radical (unpaired) electrons. The average Bonchev–Trinajstić information content (AvgIpc) is 3.11. The van der Waals surface area contributed by atoms with Gasteiger partial charge in [-0.2, -0.15) is 5.10 Å². The minimum atomic E-state index is -3.75. The summed E-state index contributed by atoms with van der Waals surface area (Å²) in [6.07, 6.45) is 0.323. The number of rotatable bonds is 3. The predicted octanol–water partition coefficient (Wildman–Crippen LogP) is 3.76. The maximum atomic E-state index is 13.2. The third-order valence-electron chi connectivity index (χ3n) is 3.66. The maximum absolute atomic E-state index is 13.2. The number of aryl methyl sites for hydroxylation is 1. The first-order valence-corrected chi connectivity index (χ1v) is 8.40. The third kappa shape index (κ3) is 3.43. The second-order valence-corrected chi connectivity index (χ2v) is 6.50. The number of alkyl halides is 2. The van der Waals surface area contributed by atoms with Crippen LogP contribution in [0.3, 0.4) is 0 Å². The zero-order valence-corrected chi connectivity index (χ0v) is 15.4. The molecule has 28 heavy (non-hydrogen) atoms. The molecule has 1 amide bonds. The highest BCUT2D eigenvalue weighted by atomic mass is 35.5. The van der Waals surface area contributed by atoms with Crippen LogP contribution >= 0.6 is 23.2 Å². The van der Waals surface area contributed by atoms with Gasteiger partial charge >= 0.3 is 6.29 Å². The largest absolute Gasteiger partial charge is 0.586 e. The summed E-state index contributed by atoms with van der Waals surface area (Å²) < 4.78 is 36.5. The second kappa shape index (κ2) is 6.57. The van der Waals surface area contributed by atoms with E-state index in [9.17, 15) is 13.6 Å². The van der Waals surface area contributed by atoms with Gasteiger partial charge in [-0.25, -0.2) is 4.98 Å². The molecule has 144 valence electrons. The van der Waals surface area contributed by atoms with Crippen molar-refractivity contribution >= 4 is 34.9 Å². The molecule has 0 bridgehead atoms. The van der Waals surface area contributed by atoms with Crippen LogP contribution in [0.15, 0.2) is 30.7 Å². The summed E-state index contributed by atoms with van der Waals surface area (Å²) in [5.41, 5.74) is 0.620. The highest BCUT2D eigenvalue weighted by Gasteiger charge is 2.43. The van der Waals surface area contributed by atoms with Crippen molar-refractivity contribution in [3.05, 3.63) is 46.5 Å². The van der Waals surface area contributed by atoms with Crippen molar-refractivity contribution in [3.8, 4) is 22.8 Å². The van der Waals surface area contributed by atoms with Gasteiger partial charge < -0.3 is 14.8 Å². The van der Waals surface area contributed by atoms with E-state index in [0.29, 0.717) is 5.56 Å². The predicted molar refractivity (Wildman–Crippen MR) is 94.9 cm³/mol. The minimum Gasteiger partial charge on any atom is -0.395 e. The fraction of sp³-hybridized carbons (Fsp3) is 0.125. The highest BCUT2D eigenvalue weighted by molar-refractivity contribution is 6.34. The molecule has 0 saturated carbocycles. The summed E-state index contributed by atoms with van der Waals surface area (Å²) in [5.74, 6) is -0.772. The molecule has 1 aliphatic heterocycles. The molecule has 3 heterocycles. The number of fused-ring (bicyclic) bond motifs is 1. The van der Waals surface area contributed by atoms with Crippen molar-refractivity contribution in [3.63, 3.8) is 0 Å². The number of halogens is 4. The van der Waals surface area contributed by atoms with Crippen LogP contribution in [0, 0.1) is 0 Å². The van der Waals surface area contributed by atoms with E-state index < -0.39 is 12.2 Å². The quantitative estimate of drug-likeness (QED) is 0.684. The van der Waals surface area contributed by atoms with Gasteiger partial charge in [0.05, 0.1) is 28.1 Å². The van der Waals surface area contributed by atoms with Gasteiger partial charge in [0.15, 0.2) is 23.0 Å². The Morgan fingerprint density at radius 2 is 1.86 bits per heavy atom. The second-order valence-electron chi connectivity index (χ2n) is 5.69. The van der Waals surface area contributed by atoms with Crippen LogP contribution in [-0.4, -0.2) is 32.0 Å². The molecule has 4 rings (SSSR count). The van der Waals surface area contributed by atoms with Crippen LogP contribution in [0.4, 0.5) is 14.6 Å². The van der Waals surface area contributed by atoms with Crippen LogP contribution in [0.2, 0.25) is 10.0 Å². The Morgan fingerprint density at radius 1 is 1.14 bits per heavy atom. The van der Waals surface area contributed by atoms with Crippen LogP contribution in [0.5, 0.6) is 11.5 Å². The SMILES string of the molecule is Cn1cc(Cl)c(C(=O)Nc2cnc(-c3cc4c(cc3Cl)OC(F)(F)O4)cn2)n1. The Hall–Kier alpha value is -2.98. The maximum Gasteiger partial charge on any atom is 0.586 e. The summed E-state index contributed by atoms with van der Waals surface area (Å²) in [7, 11) is 1.63. The molecule has 3 aromatic rings. The number of carbonyl (C=O) groups is 1. The number of benzene rings is 1. The zero-order valence-electron chi connectivity index (χ0n) is 13.9. The topological polar surface area (TPSA) is 91.2 Å². The molecule has 0 saturated heterocycles. The normalized spacial score (nSPS) is 14.2. The summed E-state index contributed by atoms with van der Waals surface area (Å²) in [5, 5.41) is 6.76. The molecule has 0 atom stereocenters. The van der Waals surface area contributed by atoms with Crippen molar-refractivity contribution < 1.29 is 23.0 Å². The highest BCUT2D eigenvalue weighted by Crippen LogP contribution is 2.45. The monoisotopic (exact) mass is 427 g/mol. The Balaban J connectivity index is 1.56. The van der Waals surface area contributed by atoms with Crippen molar-refractivity contribution in [1.29, 1.82) is 0 Å². The van der Waals surface area contributed by atoms with Crippen molar-refractivity contribution in [2.75, 3.05) is 5.32 Å². The van der Waals surface area contributed by atoms with Crippen LogP contribution in [-0.2, 0) is 7.05 Å². The molecule has 0 spiro atoms. The fourth-order valence-corrected chi connectivity index (χ4v) is 3.00. The fourth-order valence-electron chi connectivity index (χ4n) is 2.49. The Kier molecular flexibility index (Phi) is 4.31. The Morgan fingerprint density at radius 3 is 2.46 bits per heavy atom. The molecular formula is C16H9Cl2F2N5O3. The average molecular weight is 428 g/mol. The number of carbonyl (C=O) groups excluding carboxylic acids is 1. The van der Waals surface area contributed by atoms with Gasteiger partial charge in [0, 0.05) is 24.9 Å². The van der Waals surface area contributed by atoms with Gasteiger partial charge in [-0.15, -0.1) is 8.78 Å². The van der Waals surface area contributed by atoms with E-state index in [1.807, 2.05) is 0 Å². The molecule has 0 fully saturated rings. The lowest BCUT2D eigenvalue weighted by Gasteiger charge is -2.07. The van der Waals surface area contributed by atoms with Gasteiger partial charge in [0.1, 0.15) is 0 Å². The van der Waals surface area contributed by atoms with E-state index in [4.69, 9.17) is 23.2 Å². The molecular weight excluding hydrogens is 419 g/mol. The zero-order chi connectivity index (χ0) is 20.1. The molecule has 1 aromatic carbocycles. The summed E-state index contributed by atoms with van der Waals surface area (Å²) in [4.78, 5) is 20.4. The lowest BCUT2D eigenvalue weighted by atomic mass is 10.1. The molecule has 1 aliphatic rings. The standard InChI is InChI=1S/C16H9Cl2F2N5O3/c1-25-6-9(18)14(24-25)15(26)23-13-5-21-10(4-22-13)7-2-11-12(3-8(7)17)28-16(19,20)27-11/h2-6H,1H3,(H,22,23,26). The first-order chi connectivity index (χ1) is 13.2. The third-order valence-corrected chi connectivity index (χ3v) is 4.25. The number of amides is 1. The first kappa shape index (κ1) is 18.4. The molecule has 12 heteroatoms. The summed E-state index contributed by atoms with van der Waals surface area (Å²) in [6, 6.07) is 2.47. The van der Waals surface area contributed by atoms with Crippen molar-refractivity contribution in [2.45, 2.75) is 6.29 Å². The molecule has 2 aromatic heterocycles. The number of hydrogen-bond acceptors (Lipinski definition) is 6. The van der Waals surface area contributed by atoms with E-state index in [2.05, 4.69) is 29.9 Å². The lowest BCUT2D eigenvalue weighted by molar-refractivity contribution is -0.286. The summed E-state index contributed by atoms with van der Waals surface area (Å²) >= 11 is 12.0. The van der Waals surface area contributed by atoms with Crippen molar-refractivity contribution in [1.82, 2.24) is 19.7 Å². The lowest BCUT2D eigenvalue weighted by Crippen LogP contribution is -2.25. The molecule has 8 nitrogen and oxygen atoms in total. The van der Waals surface area contributed by atoms with Crippen LogP contribution in [0.25, 0.3) is 11.3 Å². The van der Waals surface area contributed by atoms with Crippen LogP contribution < -0.4 is 14.8 Å².